The van der Waals surface area contributed by atoms with E-state index in [1.807, 2.05) is 0 Å². The van der Waals surface area contributed by atoms with E-state index in [9.17, 15) is 79.5 Å². The number of fused-ring (bicyclic) bond motifs is 5. The van der Waals surface area contributed by atoms with E-state index in [1.165, 1.54) is 4.90 Å². The summed E-state index contributed by atoms with van der Waals surface area (Å²) in [6, 6.07) is -0.228. The topological polar surface area (TPSA) is 427 Å². The van der Waals surface area contributed by atoms with Gasteiger partial charge >= 0.3 is 39.9 Å². The Bertz CT molecular complexity index is 1750. The Balaban J connectivity index is 0.00000114. The number of aliphatic hydroxyl groups excluding tert-OH is 7. The molecular weight excluding hydrogens is 1110 g/mol. The van der Waals surface area contributed by atoms with Crippen LogP contribution < -0.4 is 41.5 Å². The van der Waals surface area contributed by atoms with E-state index < -0.39 is 130 Å². The molecule has 0 saturated heterocycles. The van der Waals surface area contributed by atoms with Crippen molar-refractivity contribution in [2.45, 2.75) is 121 Å². The molecule has 4 unspecified atom stereocenters. The fraction of sp³-hybridized carbons (Fsp3) is 0.851. The monoisotopic (exact) mass is 1190 g/mol. The first-order valence-corrected chi connectivity index (χ1v) is 24.9. The molecule has 0 aromatic rings. The summed E-state index contributed by atoms with van der Waals surface area (Å²) < 4.78 is 0. The van der Waals surface area contributed by atoms with Gasteiger partial charge in [0.15, 0.2) is 0 Å². The number of carbonyl (C=O) groups excluding carboxylic acids is 7. The summed E-state index contributed by atoms with van der Waals surface area (Å²) >= 11 is 0. The summed E-state index contributed by atoms with van der Waals surface area (Å²) in [5.41, 5.74) is -0.616. The van der Waals surface area contributed by atoms with Crippen molar-refractivity contribution in [1.82, 2.24) is 25.3 Å². The summed E-state index contributed by atoms with van der Waals surface area (Å²) in [4.78, 5) is 85.4. The van der Waals surface area contributed by atoms with Gasteiger partial charge in [0.25, 0.3) is 0 Å². The number of hydrogen-bond acceptors (Lipinski definition) is 22. The maximum Gasteiger partial charge on any atom is 3.00 e. The van der Waals surface area contributed by atoms with Gasteiger partial charge in [-0.1, -0.05) is 20.8 Å². The Labute approximate surface area is 457 Å². The molecule has 4 rings (SSSR count). The molecule has 0 heterocycles. The van der Waals surface area contributed by atoms with Crippen molar-refractivity contribution in [2.24, 2.45) is 46.3 Å². The van der Waals surface area contributed by atoms with Crippen molar-refractivity contribution < 1.29 is 140 Å². The molecule has 26 heteroatoms. The van der Waals surface area contributed by atoms with Crippen molar-refractivity contribution in [3.63, 3.8) is 0 Å². The van der Waals surface area contributed by atoms with Gasteiger partial charge in [0, 0.05) is 64.4 Å². The van der Waals surface area contributed by atoms with Crippen LogP contribution in [0.2, 0.25) is 0 Å². The maximum absolute atomic E-state index is 13.1. The van der Waals surface area contributed by atoms with E-state index in [1.54, 1.807) is 12.4 Å². The van der Waals surface area contributed by atoms with E-state index in [2.05, 4.69) is 31.4 Å². The van der Waals surface area contributed by atoms with Gasteiger partial charge in [0.05, 0.1) is 62.8 Å². The Morgan fingerprint density at radius 3 is 1.70 bits per heavy atom. The Hall–Kier alpha value is -2.83. The molecule has 15 atom stereocenters. The zero-order valence-corrected chi connectivity index (χ0v) is 44.4. The molecule has 4 aliphatic rings. The van der Waals surface area contributed by atoms with Crippen LogP contribution in [0.4, 0.5) is 0 Å². The molecule has 0 bridgehead atoms. The zero-order chi connectivity index (χ0) is 54.2. The molecule has 4 aliphatic carbocycles. The van der Waals surface area contributed by atoms with E-state index >= 15 is 0 Å². The molecule has 2 amide bonds. The summed E-state index contributed by atoms with van der Waals surface area (Å²) in [6.07, 6.45) is -1.41. The summed E-state index contributed by atoms with van der Waals surface area (Å²) in [5, 5.41) is 132. The summed E-state index contributed by atoms with van der Waals surface area (Å²) in [6.45, 7) is 1.57. The molecule has 4 saturated carbocycles. The normalized spacial score (nSPS) is 29.4. The van der Waals surface area contributed by atoms with Gasteiger partial charge in [0.2, 0.25) is 11.8 Å². The third-order valence-electron chi connectivity index (χ3n) is 16.2. The third-order valence-corrected chi connectivity index (χ3v) is 16.2. The van der Waals surface area contributed by atoms with Gasteiger partial charge in [-0.2, -0.15) is 0 Å². The van der Waals surface area contributed by atoms with Crippen molar-refractivity contribution in [3.05, 3.63) is 0 Å². The fourth-order valence-corrected chi connectivity index (χ4v) is 12.5. The van der Waals surface area contributed by atoms with Gasteiger partial charge in [0.1, 0.15) is 31.0 Å². The van der Waals surface area contributed by atoms with Gasteiger partial charge in [-0.05, 0) is 104 Å². The number of carboxylic acids is 5. The number of nitrogens with one attached hydrogen (secondary N) is 2. The minimum absolute atomic E-state index is 0. The van der Waals surface area contributed by atoms with Crippen LogP contribution in [0, 0.1) is 86.3 Å². The molecule has 0 aromatic heterocycles. The smallest absolute Gasteiger partial charge is 0.550 e. The third kappa shape index (κ3) is 19.3. The van der Waals surface area contributed by atoms with Crippen molar-refractivity contribution in [1.29, 1.82) is 0 Å². The number of hydrogen-bond donors (Lipinski definition) is 10. The average molecular weight is 1190 g/mol. The van der Waals surface area contributed by atoms with Crippen LogP contribution in [-0.4, -0.2) is 220 Å². The number of carbonyl (C=O) groups is 7. The molecule has 4 fully saturated rings. The number of likely N-dealkylation sites (N-methyl/N-ethyl adjacent to an activating group) is 1. The second-order valence-corrected chi connectivity index (χ2v) is 20.9. The molecule has 0 aromatic carbocycles. The number of amides is 2. The van der Waals surface area contributed by atoms with Crippen LogP contribution in [-0.2, 0) is 33.6 Å². The number of aliphatic carboxylic acids is 5. The van der Waals surface area contributed by atoms with Crippen LogP contribution in [0.1, 0.15) is 78.6 Å². The van der Waals surface area contributed by atoms with E-state index in [-0.39, 0.29) is 126 Å². The molecular formula is C47H78GdN6O19-. The minimum Gasteiger partial charge on any atom is -0.550 e. The number of rotatable bonds is 29. The predicted molar refractivity (Wildman–Crippen MR) is 240 cm³/mol. The molecule has 0 spiro atoms. The minimum atomic E-state index is -1.56. The van der Waals surface area contributed by atoms with Gasteiger partial charge in [-0.25, -0.2) is 0 Å². The number of nitrogens with zero attached hydrogens (tertiary/aromatic N) is 3. The van der Waals surface area contributed by atoms with Gasteiger partial charge in [-0.3, -0.25) is 24.3 Å². The van der Waals surface area contributed by atoms with E-state index in [0.29, 0.717) is 32.1 Å². The fourth-order valence-electron chi connectivity index (χ4n) is 12.5. The van der Waals surface area contributed by atoms with Gasteiger partial charge in [-0.15, -0.1) is 0 Å². The predicted octanol–water partition coefficient (Wildman–Crippen LogP) is -11.1. The standard InChI is InChI=1S/C40H65N5O14.C7H17NO5.Gd/c1-23(4-7-33(50)51)26-5-6-27-38-28(16-30(47)40(26,27)3)39(2)9-8-25(14-24(39)15-29(38)46)42-31(48)17-41-32(49)18-43(10-12-44(19-34(52)53)20-35(54)55)11-13-45(21-36(56)57)22-37(58)59;1-8-2-4(10)6(12)7(13)5(11)3-9;/h23-30,38,46-47H,4-22H2,1-3H3,(H,41,49)(H,42,48)(H,50,51)(H,52,53)(H,54,55)(H,56,57)(H,58,59);4-13H,2-3H2,1H3;/q;;+3/p-4/t23?,24-,25-,26+,27?,28?,29+,30-,38?,39-,40+;4-,5+,6+,7+;/m00./s1. The summed E-state index contributed by atoms with van der Waals surface area (Å²) in [7, 11) is 1.70. The zero-order valence-electron chi connectivity index (χ0n) is 42.2. The maximum atomic E-state index is 13.1. The summed E-state index contributed by atoms with van der Waals surface area (Å²) in [5.74, 6) is -7.93. The van der Waals surface area contributed by atoms with E-state index in [0.717, 1.165) is 29.1 Å². The first kappa shape index (κ1) is 66.3. The second kappa shape index (κ2) is 30.8. The Morgan fingerprint density at radius 2 is 1.21 bits per heavy atom. The quantitative estimate of drug-likeness (QED) is 0.0332. The largest absolute Gasteiger partial charge is 3.00 e. The average Bonchev–Trinajstić information content (AvgIpc) is 3.65. The second-order valence-electron chi connectivity index (χ2n) is 20.9. The van der Waals surface area contributed by atoms with Crippen molar-refractivity contribution in [2.75, 3.05) is 85.6 Å². The Kier molecular flexibility index (Phi) is 28.0. The first-order valence-electron chi connectivity index (χ1n) is 24.9. The number of nitrogens with two attached hydrogens (primary N) is 1. The first-order chi connectivity index (χ1) is 33.7. The molecule has 73 heavy (non-hydrogen) atoms. The van der Waals surface area contributed by atoms with Crippen LogP contribution in [0.5, 0.6) is 0 Å². The molecule has 25 nitrogen and oxygen atoms in total. The van der Waals surface area contributed by atoms with Crippen LogP contribution >= 0.6 is 0 Å². The van der Waals surface area contributed by atoms with Crippen molar-refractivity contribution in [3.8, 4) is 0 Å². The molecule has 1 radical (unpaired) electrons. The Morgan fingerprint density at radius 1 is 0.685 bits per heavy atom. The van der Waals surface area contributed by atoms with E-state index in [4.69, 9.17) is 15.3 Å². The number of carboxylic acid groups (broad SMARTS) is 5. The van der Waals surface area contributed by atoms with Gasteiger partial charge < -0.3 is 101 Å². The molecule has 11 N–H and O–H groups in total. The van der Waals surface area contributed by atoms with Crippen LogP contribution in [0.15, 0.2) is 0 Å². The van der Waals surface area contributed by atoms with Crippen LogP contribution in [0.25, 0.3) is 0 Å². The van der Waals surface area contributed by atoms with Crippen molar-refractivity contribution >= 4 is 41.7 Å². The number of aliphatic hydroxyl groups is 7. The molecule has 419 valence electrons. The number of quaternary nitrogens is 1. The van der Waals surface area contributed by atoms with Crippen LogP contribution in [0.3, 0.4) is 0 Å². The SMILES string of the molecule is CC(CCC(=O)[O-])[C@H]1CCC2C3C(C[C@H](O)[C@@]21C)[C@@]1(C)CC[C@H](NC(=O)CNC(=O)CN(CCN(CC(=O)[O-])CC(=O)[O-])CCN(CC(=O)[O-])CC(=O)[O-])C[C@H]1C[C@H]3O.C[NH2+]C[C@H](O)[C@@H](O)[C@H](O)[C@H](O)CO.[Gd+3]. The molecule has 0 aliphatic heterocycles.